The lowest BCUT2D eigenvalue weighted by atomic mass is 9.73. The first-order chi connectivity index (χ1) is 9.10. The third-order valence-corrected chi connectivity index (χ3v) is 4.58. The van der Waals surface area contributed by atoms with E-state index in [1.54, 1.807) is 0 Å². The van der Waals surface area contributed by atoms with Crippen LogP contribution in [0.3, 0.4) is 0 Å². The van der Waals surface area contributed by atoms with E-state index in [2.05, 4.69) is 25.6 Å². The van der Waals surface area contributed by atoms with Crippen molar-refractivity contribution in [1.29, 1.82) is 0 Å². The monoisotopic (exact) mass is 254 g/mol. The van der Waals surface area contributed by atoms with Crippen LogP contribution in [-0.4, -0.2) is 13.1 Å². The van der Waals surface area contributed by atoms with Crippen molar-refractivity contribution in [3.63, 3.8) is 0 Å². The van der Waals surface area contributed by atoms with Gasteiger partial charge in [0.2, 0.25) is 0 Å². The summed E-state index contributed by atoms with van der Waals surface area (Å²) >= 11 is 0. The van der Waals surface area contributed by atoms with Gasteiger partial charge in [0, 0.05) is 5.92 Å². The van der Waals surface area contributed by atoms with Crippen LogP contribution in [0.5, 0.6) is 0 Å². The molecule has 0 unspecified atom stereocenters. The molecular weight excluding hydrogens is 236 g/mol. The first-order valence-corrected chi connectivity index (χ1v) is 6.62. The molecule has 0 radical (unpaired) electrons. The van der Waals surface area contributed by atoms with Crippen LogP contribution in [0.25, 0.3) is 0 Å². The SMILES string of the molecule is C=C[C@]1(C)Cc2cccc3c2[C@H]1C=C[C@@H]3C(=O)OC. The molecule has 2 aliphatic rings. The van der Waals surface area contributed by atoms with Gasteiger partial charge in [-0.25, -0.2) is 0 Å². The minimum atomic E-state index is -0.261. The molecule has 0 amide bonds. The zero-order valence-corrected chi connectivity index (χ0v) is 11.3. The molecule has 3 rings (SSSR count). The maximum absolute atomic E-state index is 11.9. The largest absolute Gasteiger partial charge is 0.468 e. The van der Waals surface area contributed by atoms with E-state index < -0.39 is 0 Å². The molecule has 98 valence electrons. The number of benzene rings is 1. The van der Waals surface area contributed by atoms with Crippen molar-refractivity contribution >= 4 is 5.97 Å². The summed E-state index contributed by atoms with van der Waals surface area (Å²) in [5.74, 6) is -0.115. The molecule has 0 aromatic heterocycles. The Bertz CT molecular complexity index is 585. The third-order valence-electron chi connectivity index (χ3n) is 4.58. The highest BCUT2D eigenvalue weighted by Gasteiger charge is 2.43. The number of esters is 1. The number of allylic oxidation sites excluding steroid dienone is 2. The molecule has 2 aliphatic carbocycles. The minimum absolute atomic E-state index is 0.0516. The molecule has 0 saturated carbocycles. The molecule has 3 atom stereocenters. The van der Waals surface area contributed by atoms with E-state index in [1.165, 1.54) is 18.2 Å². The first kappa shape index (κ1) is 12.2. The van der Waals surface area contributed by atoms with Gasteiger partial charge in [0.05, 0.1) is 7.11 Å². The second kappa shape index (κ2) is 4.09. The molecule has 1 aromatic rings. The topological polar surface area (TPSA) is 26.3 Å². The van der Waals surface area contributed by atoms with Crippen LogP contribution in [0.1, 0.15) is 35.4 Å². The van der Waals surface area contributed by atoms with Crippen LogP contribution >= 0.6 is 0 Å². The summed E-state index contributed by atoms with van der Waals surface area (Å²) in [6.45, 7) is 6.23. The van der Waals surface area contributed by atoms with E-state index in [1.807, 2.05) is 24.3 Å². The van der Waals surface area contributed by atoms with Crippen molar-refractivity contribution in [2.75, 3.05) is 7.11 Å². The fraction of sp³-hybridized carbons (Fsp3) is 0.353. The van der Waals surface area contributed by atoms with Gasteiger partial charge in [-0.15, -0.1) is 6.58 Å². The van der Waals surface area contributed by atoms with E-state index in [-0.39, 0.29) is 17.3 Å². The zero-order chi connectivity index (χ0) is 13.6. The van der Waals surface area contributed by atoms with Gasteiger partial charge in [-0.3, -0.25) is 4.79 Å². The number of carbonyl (C=O) groups excluding carboxylic acids is 1. The second-order valence-electron chi connectivity index (χ2n) is 5.67. The Labute approximate surface area is 113 Å². The highest BCUT2D eigenvalue weighted by atomic mass is 16.5. The van der Waals surface area contributed by atoms with Gasteiger partial charge < -0.3 is 4.74 Å². The normalized spacial score (nSPS) is 30.8. The van der Waals surface area contributed by atoms with Gasteiger partial charge in [-0.05, 0) is 28.5 Å². The van der Waals surface area contributed by atoms with Crippen LogP contribution in [0, 0.1) is 5.41 Å². The Hall–Kier alpha value is -1.83. The highest BCUT2D eigenvalue weighted by Crippen LogP contribution is 2.53. The standard InChI is InChI=1S/C17H18O2/c1-4-17(2)10-11-6-5-7-12-13(16(18)19-3)8-9-14(17)15(11)12/h4-9,13-14H,1,10H2,2-3H3/t13-,14+,17+/m0/s1. The molecule has 0 spiro atoms. The van der Waals surface area contributed by atoms with E-state index in [9.17, 15) is 4.79 Å². The molecule has 2 nitrogen and oxygen atoms in total. The molecule has 19 heavy (non-hydrogen) atoms. The second-order valence-corrected chi connectivity index (χ2v) is 5.67. The highest BCUT2D eigenvalue weighted by molar-refractivity contribution is 5.82. The summed E-state index contributed by atoms with van der Waals surface area (Å²) in [6, 6.07) is 6.25. The van der Waals surface area contributed by atoms with E-state index >= 15 is 0 Å². The number of carbonyl (C=O) groups is 1. The fourth-order valence-electron chi connectivity index (χ4n) is 3.46. The molecule has 0 fully saturated rings. The molecule has 1 aromatic carbocycles. The molecule has 0 bridgehead atoms. The lowest BCUT2D eigenvalue weighted by Gasteiger charge is -2.30. The van der Waals surface area contributed by atoms with E-state index in [0.717, 1.165) is 12.0 Å². The zero-order valence-electron chi connectivity index (χ0n) is 11.3. The van der Waals surface area contributed by atoms with Gasteiger partial charge in [-0.1, -0.05) is 43.4 Å². The number of methoxy groups -OCH3 is 1. The summed E-state index contributed by atoms with van der Waals surface area (Å²) in [4.78, 5) is 11.9. The summed E-state index contributed by atoms with van der Waals surface area (Å²) in [5.41, 5.74) is 3.80. The minimum Gasteiger partial charge on any atom is -0.468 e. The van der Waals surface area contributed by atoms with Crippen molar-refractivity contribution in [2.24, 2.45) is 5.41 Å². The smallest absolute Gasteiger partial charge is 0.317 e. The molecule has 0 saturated heterocycles. The summed E-state index contributed by atoms with van der Waals surface area (Å²) in [5, 5.41) is 0. The maximum atomic E-state index is 11.9. The number of hydrogen-bond acceptors (Lipinski definition) is 2. The van der Waals surface area contributed by atoms with Gasteiger partial charge in [0.25, 0.3) is 0 Å². The van der Waals surface area contributed by atoms with Gasteiger partial charge in [-0.2, -0.15) is 0 Å². The van der Waals surface area contributed by atoms with Gasteiger partial charge >= 0.3 is 5.97 Å². The Balaban J connectivity index is 2.16. The van der Waals surface area contributed by atoms with Crippen LogP contribution < -0.4 is 0 Å². The summed E-state index contributed by atoms with van der Waals surface area (Å²) in [7, 11) is 1.44. The number of hydrogen-bond donors (Lipinski definition) is 0. The van der Waals surface area contributed by atoms with Gasteiger partial charge in [0.15, 0.2) is 0 Å². The number of ether oxygens (including phenoxy) is 1. The Morgan fingerprint density at radius 2 is 2.26 bits per heavy atom. The summed E-state index contributed by atoms with van der Waals surface area (Å²) < 4.78 is 4.91. The van der Waals surface area contributed by atoms with Crippen molar-refractivity contribution in [2.45, 2.75) is 25.2 Å². The molecule has 2 heteroatoms. The van der Waals surface area contributed by atoms with Gasteiger partial charge in [0.1, 0.15) is 5.92 Å². The quantitative estimate of drug-likeness (QED) is 0.597. The maximum Gasteiger partial charge on any atom is 0.317 e. The Kier molecular flexibility index (Phi) is 2.63. The average Bonchev–Trinajstić information content (AvgIpc) is 2.74. The lowest BCUT2D eigenvalue weighted by Crippen LogP contribution is -2.23. The van der Waals surface area contributed by atoms with E-state index in [0.29, 0.717) is 5.92 Å². The molecule has 0 N–H and O–H groups in total. The van der Waals surface area contributed by atoms with Crippen molar-refractivity contribution in [3.05, 3.63) is 59.7 Å². The lowest BCUT2D eigenvalue weighted by molar-refractivity contribution is -0.141. The predicted octanol–water partition coefficient (Wildman–Crippen LogP) is 3.35. The molecule has 0 aliphatic heterocycles. The van der Waals surface area contributed by atoms with Crippen molar-refractivity contribution in [3.8, 4) is 0 Å². The van der Waals surface area contributed by atoms with Crippen molar-refractivity contribution < 1.29 is 9.53 Å². The number of rotatable bonds is 2. The predicted molar refractivity (Wildman–Crippen MR) is 75.1 cm³/mol. The first-order valence-electron chi connectivity index (χ1n) is 6.62. The van der Waals surface area contributed by atoms with Crippen LogP contribution in [-0.2, 0) is 16.0 Å². The van der Waals surface area contributed by atoms with Crippen molar-refractivity contribution in [1.82, 2.24) is 0 Å². The van der Waals surface area contributed by atoms with Crippen LogP contribution in [0.15, 0.2) is 43.0 Å². The Morgan fingerprint density at radius 1 is 1.47 bits per heavy atom. The van der Waals surface area contributed by atoms with Crippen LogP contribution in [0.4, 0.5) is 0 Å². The fourth-order valence-corrected chi connectivity index (χ4v) is 3.46. The Morgan fingerprint density at radius 3 is 2.95 bits per heavy atom. The average molecular weight is 254 g/mol. The summed E-state index contributed by atoms with van der Waals surface area (Å²) in [6.07, 6.45) is 7.17. The van der Waals surface area contributed by atoms with E-state index in [4.69, 9.17) is 4.74 Å². The molecule has 0 heterocycles. The third kappa shape index (κ3) is 1.59. The van der Waals surface area contributed by atoms with Crippen LogP contribution in [0.2, 0.25) is 0 Å². The molecular formula is C17H18O2.